The fraction of sp³-hybridized carbons (Fsp3) is 0.400. The maximum Gasteiger partial charge on any atom is 0.0273 e. The van der Waals surface area contributed by atoms with Crippen LogP contribution in [0, 0.1) is 5.92 Å². The van der Waals surface area contributed by atoms with Crippen LogP contribution in [0.1, 0.15) is 39.2 Å². The van der Waals surface area contributed by atoms with Crippen molar-refractivity contribution >= 4 is 6.08 Å². The number of hydrogen-bond donors (Lipinski definition) is 0. The van der Waals surface area contributed by atoms with Gasteiger partial charge in [-0.05, 0) is 50.3 Å². The molecule has 1 rings (SSSR count). The van der Waals surface area contributed by atoms with Crippen LogP contribution in [-0.2, 0) is 0 Å². The van der Waals surface area contributed by atoms with E-state index in [-0.39, 0.29) is 0 Å². The third kappa shape index (κ3) is 5.50. The lowest BCUT2D eigenvalue weighted by Crippen LogP contribution is -1.88. The van der Waals surface area contributed by atoms with Crippen LogP contribution in [0.25, 0.3) is 6.08 Å². The van der Waals surface area contributed by atoms with Gasteiger partial charge in [-0.25, -0.2) is 0 Å². The second-order valence-corrected chi connectivity index (χ2v) is 4.48. The highest BCUT2D eigenvalue weighted by Gasteiger charge is 1.95. The monoisotopic (exact) mass is 215 g/mol. The highest BCUT2D eigenvalue weighted by atomic mass is 14.6. The van der Waals surface area contributed by atoms with E-state index in [1.54, 1.807) is 0 Å². The van der Waals surface area contributed by atoms with Gasteiger partial charge in [-0.15, -0.1) is 0 Å². The molecular formula is C15H21N. The van der Waals surface area contributed by atoms with Gasteiger partial charge in [0.1, 0.15) is 0 Å². The van der Waals surface area contributed by atoms with Gasteiger partial charge in [-0.3, -0.25) is 4.98 Å². The molecule has 0 saturated carbocycles. The molecule has 0 N–H and O–H groups in total. The lowest BCUT2D eigenvalue weighted by Gasteiger charge is -2.03. The number of allylic oxidation sites excluding steroid dienone is 3. The number of pyridine rings is 1. The van der Waals surface area contributed by atoms with Gasteiger partial charge < -0.3 is 0 Å². The van der Waals surface area contributed by atoms with Crippen molar-refractivity contribution in [3.05, 3.63) is 47.8 Å². The Morgan fingerprint density at radius 3 is 2.62 bits per heavy atom. The van der Waals surface area contributed by atoms with Gasteiger partial charge >= 0.3 is 0 Å². The van der Waals surface area contributed by atoms with Crippen molar-refractivity contribution in [2.45, 2.75) is 33.6 Å². The van der Waals surface area contributed by atoms with Crippen molar-refractivity contribution in [3.8, 4) is 0 Å². The SMILES string of the molecule is CC(C)=CCCC(C)C=Cc1ccncc1. The Morgan fingerprint density at radius 2 is 2.00 bits per heavy atom. The van der Waals surface area contributed by atoms with E-state index < -0.39 is 0 Å². The Labute approximate surface area is 98.9 Å². The lowest BCUT2D eigenvalue weighted by molar-refractivity contribution is 0.659. The third-order valence-electron chi connectivity index (χ3n) is 2.50. The molecule has 0 fully saturated rings. The Hall–Kier alpha value is -1.37. The van der Waals surface area contributed by atoms with Crippen molar-refractivity contribution in [2.24, 2.45) is 5.92 Å². The standard InChI is InChI=1S/C15H21N/c1-13(2)5-4-6-14(3)7-8-15-9-11-16-12-10-15/h5,7-12,14H,4,6H2,1-3H3. The number of aromatic nitrogens is 1. The average molecular weight is 215 g/mol. The summed E-state index contributed by atoms with van der Waals surface area (Å²) in [5, 5.41) is 0. The molecule has 0 saturated heterocycles. The largest absolute Gasteiger partial charge is 0.265 e. The minimum atomic E-state index is 0.628. The molecule has 1 nitrogen and oxygen atoms in total. The minimum Gasteiger partial charge on any atom is -0.265 e. The van der Waals surface area contributed by atoms with Crippen molar-refractivity contribution in [2.75, 3.05) is 0 Å². The first-order valence-corrected chi connectivity index (χ1v) is 5.90. The zero-order chi connectivity index (χ0) is 11.8. The lowest BCUT2D eigenvalue weighted by atomic mass is 10.0. The Balaban J connectivity index is 2.37. The highest BCUT2D eigenvalue weighted by molar-refractivity contribution is 5.48. The smallest absolute Gasteiger partial charge is 0.0273 e. The summed E-state index contributed by atoms with van der Waals surface area (Å²) in [4.78, 5) is 4.00. The summed E-state index contributed by atoms with van der Waals surface area (Å²) in [5.41, 5.74) is 2.63. The van der Waals surface area contributed by atoms with Crippen LogP contribution in [0.4, 0.5) is 0 Å². The molecule has 0 aliphatic carbocycles. The molecule has 1 heteroatoms. The van der Waals surface area contributed by atoms with Gasteiger partial charge in [0.2, 0.25) is 0 Å². The van der Waals surface area contributed by atoms with Crippen LogP contribution >= 0.6 is 0 Å². The van der Waals surface area contributed by atoms with E-state index in [1.165, 1.54) is 24.0 Å². The molecule has 1 atom stereocenters. The predicted octanol–water partition coefficient (Wildman–Crippen LogP) is 4.48. The van der Waals surface area contributed by atoms with E-state index >= 15 is 0 Å². The number of nitrogens with zero attached hydrogens (tertiary/aromatic N) is 1. The molecule has 0 spiro atoms. The first-order valence-electron chi connectivity index (χ1n) is 5.90. The van der Waals surface area contributed by atoms with Crippen molar-refractivity contribution in [3.63, 3.8) is 0 Å². The zero-order valence-corrected chi connectivity index (χ0v) is 10.5. The summed E-state index contributed by atoms with van der Waals surface area (Å²) < 4.78 is 0. The summed E-state index contributed by atoms with van der Waals surface area (Å²) in [7, 11) is 0. The molecule has 0 aliphatic rings. The van der Waals surface area contributed by atoms with Gasteiger partial charge in [-0.1, -0.05) is 30.7 Å². The van der Waals surface area contributed by atoms with E-state index in [9.17, 15) is 0 Å². The first-order chi connectivity index (χ1) is 7.68. The molecule has 0 bridgehead atoms. The Bertz CT molecular complexity index is 345. The van der Waals surface area contributed by atoms with E-state index in [4.69, 9.17) is 0 Å². The van der Waals surface area contributed by atoms with Gasteiger partial charge in [0, 0.05) is 12.4 Å². The summed E-state index contributed by atoms with van der Waals surface area (Å²) in [6.45, 7) is 6.56. The first kappa shape index (κ1) is 12.7. The molecule has 1 heterocycles. The third-order valence-corrected chi connectivity index (χ3v) is 2.50. The van der Waals surface area contributed by atoms with Crippen molar-refractivity contribution in [1.82, 2.24) is 4.98 Å². The summed E-state index contributed by atoms with van der Waals surface area (Å²) >= 11 is 0. The molecule has 0 radical (unpaired) electrons. The molecule has 1 aromatic heterocycles. The van der Waals surface area contributed by atoms with Crippen LogP contribution in [-0.4, -0.2) is 4.98 Å². The van der Waals surface area contributed by atoms with Crippen LogP contribution in [0.2, 0.25) is 0 Å². The molecule has 0 aromatic carbocycles. The molecule has 1 unspecified atom stereocenters. The normalized spacial score (nSPS) is 12.7. The second kappa shape index (κ2) is 7.00. The fourth-order valence-electron chi connectivity index (χ4n) is 1.48. The summed E-state index contributed by atoms with van der Waals surface area (Å²) in [5.74, 6) is 0.628. The molecule has 0 aliphatic heterocycles. The maximum absolute atomic E-state index is 4.00. The van der Waals surface area contributed by atoms with Crippen LogP contribution in [0.3, 0.4) is 0 Å². The quantitative estimate of drug-likeness (QED) is 0.660. The number of rotatable bonds is 5. The van der Waals surface area contributed by atoms with Crippen LogP contribution in [0.15, 0.2) is 42.3 Å². The topological polar surface area (TPSA) is 12.9 Å². The van der Waals surface area contributed by atoms with E-state index in [1.807, 2.05) is 24.5 Å². The molecule has 1 aromatic rings. The minimum absolute atomic E-state index is 0.628. The van der Waals surface area contributed by atoms with Crippen molar-refractivity contribution in [1.29, 1.82) is 0 Å². The van der Waals surface area contributed by atoms with Gasteiger partial charge in [0.05, 0.1) is 0 Å². The molecular weight excluding hydrogens is 194 g/mol. The Morgan fingerprint density at radius 1 is 1.31 bits per heavy atom. The maximum atomic E-state index is 4.00. The van der Waals surface area contributed by atoms with Crippen molar-refractivity contribution < 1.29 is 0 Å². The van der Waals surface area contributed by atoms with Crippen LogP contribution in [0.5, 0.6) is 0 Å². The average Bonchev–Trinajstić information content (AvgIpc) is 2.27. The van der Waals surface area contributed by atoms with Crippen LogP contribution < -0.4 is 0 Å². The van der Waals surface area contributed by atoms with Gasteiger partial charge in [-0.2, -0.15) is 0 Å². The number of hydrogen-bond acceptors (Lipinski definition) is 1. The molecule has 16 heavy (non-hydrogen) atoms. The second-order valence-electron chi connectivity index (χ2n) is 4.48. The van der Waals surface area contributed by atoms with Gasteiger partial charge in [0.25, 0.3) is 0 Å². The fourth-order valence-corrected chi connectivity index (χ4v) is 1.48. The predicted molar refractivity (Wildman–Crippen MR) is 71.1 cm³/mol. The van der Waals surface area contributed by atoms with E-state index in [2.05, 4.69) is 44.0 Å². The zero-order valence-electron chi connectivity index (χ0n) is 10.5. The summed E-state index contributed by atoms with van der Waals surface area (Å²) in [6.07, 6.45) is 12.8. The Kier molecular flexibility index (Phi) is 5.55. The molecule has 0 amide bonds. The summed E-state index contributed by atoms with van der Waals surface area (Å²) in [6, 6.07) is 4.05. The van der Waals surface area contributed by atoms with Gasteiger partial charge in [0.15, 0.2) is 0 Å². The molecule has 86 valence electrons. The van der Waals surface area contributed by atoms with E-state index in [0.717, 1.165) is 0 Å². The highest BCUT2D eigenvalue weighted by Crippen LogP contribution is 2.11. The van der Waals surface area contributed by atoms with E-state index in [0.29, 0.717) is 5.92 Å².